The first kappa shape index (κ1) is 7.74. The summed E-state index contributed by atoms with van der Waals surface area (Å²) in [6, 6.07) is 0. The van der Waals surface area contributed by atoms with Gasteiger partial charge in [-0.1, -0.05) is 32.9 Å². The summed E-state index contributed by atoms with van der Waals surface area (Å²) < 4.78 is 0. The van der Waals surface area contributed by atoms with Crippen molar-refractivity contribution < 1.29 is 0 Å². The normalized spacial score (nSPS) is 13.0. The Morgan fingerprint density at radius 1 is 1.50 bits per heavy atom. The summed E-state index contributed by atoms with van der Waals surface area (Å²) in [7, 11) is 0. The van der Waals surface area contributed by atoms with Crippen LogP contribution in [0.5, 0.6) is 0 Å². The molecule has 0 amide bonds. The van der Waals surface area contributed by atoms with Crippen LogP contribution in [0.3, 0.4) is 0 Å². The molecular formula is C8H15. The Balaban J connectivity index is 3.52. The van der Waals surface area contributed by atoms with Crippen LogP contribution in [-0.4, -0.2) is 0 Å². The van der Waals surface area contributed by atoms with Gasteiger partial charge in [0.15, 0.2) is 0 Å². The monoisotopic (exact) mass is 111 g/mol. The van der Waals surface area contributed by atoms with Crippen molar-refractivity contribution in [2.75, 3.05) is 0 Å². The van der Waals surface area contributed by atoms with E-state index in [-0.39, 0.29) is 5.41 Å². The zero-order valence-corrected chi connectivity index (χ0v) is 6.07. The van der Waals surface area contributed by atoms with Crippen LogP contribution in [-0.2, 0) is 0 Å². The highest BCUT2D eigenvalue weighted by Gasteiger charge is 2.01. The molecule has 0 aromatic rings. The summed E-state index contributed by atoms with van der Waals surface area (Å²) in [5.41, 5.74) is 0.121. The number of allylic oxidation sites excluding steroid dienone is 2. The number of hydrogen-bond acceptors (Lipinski definition) is 0. The van der Waals surface area contributed by atoms with E-state index in [1.54, 1.807) is 0 Å². The maximum absolute atomic E-state index is 3.92. The third-order valence-electron chi connectivity index (χ3n) is 0.805. The topological polar surface area (TPSA) is 0 Å². The smallest absolute Gasteiger partial charge is 0.0175 e. The minimum atomic E-state index is 0.121. The molecule has 0 spiro atoms. The first-order valence-corrected chi connectivity index (χ1v) is 3.09. The van der Waals surface area contributed by atoms with Gasteiger partial charge >= 0.3 is 0 Å². The van der Waals surface area contributed by atoms with Crippen LogP contribution < -0.4 is 0 Å². The summed E-state index contributed by atoms with van der Waals surface area (Å²) in [6.07, 6.45) is 5.39. The molecular weight excluding hydrogens is 96.1 g/mol. The van der Waals surface area contributed by atoms with Crippen molar-refractivity contribution in [1.82, 2.24) is 0 Å². The lowest BCUT2D eigenvalue weighted by Crippen LogP contribution is -1.98. The Kier molecular flexibility index (Phi) is 2.81. The van der Waals surface area contributed by atoms with Crippen molar-refractivity contribution >= 4 is 0 Å². The summed E-state index contributed by atoms with van der Waals surface area (Å²) >= 11 is 0. The lowest BCUT2D eigenvalue weighted by molar-refractivity contribution is 0.618. The SMILES string of the molecule is [CH2]C(C)(C)/C=C/CC. The van der Waals surface area contributed by atoms with Crippen LogP contribution in [0.15, 0.2) is 12.2 Å². The average Bonchev–Trinajstić information content (AvgIpc) is 1.59. The standard InChI is InChI=1S/C8H15/c1-5-6-7-8(2,3)4/h6-7H,2,5H2,1,3-4H3/b7-6+. The highest BCUT2D eigenvalue weighted by atomic mass is 14.1. The van der Waals surface area contributed by atoms with Gasteiger partial charge in [-0.05, 0) is 18.8 Å². The molecule has 47 valence electrons. The highest BCUT2D eigenvalue weighted by molar-refractivity contribution is 4.95. The minimum Gasteiger partial charge on any atom is -0.0883 e. The quantitative estimate of drug-likeness (QED) is 0.481. The van der Waals surface area contributed by atoms with Crippen LogP contribution in [0.25, 0.3) is 0 Å². The molecule has 0 nitrogen and oxygen atoms in total. The fourth-order valence-electron chi connectivity index (χ4n) is 0.437. The average molecular weight is 111 g/mol. The van der Waals surface area contributed by atoms with Crippen molar-refractivity contribution in [2.24, 2.45) is 5.41 Å². The highest BCUT2D eigenvalue weighted by Crippen LogP contribution is 2.13. The molecule has 8 heavy (non-hydrogen) atoms. The Morgan fingerprint density at radius 3 is 2.12 bits per heavy atom. The third kappa shape index (κ3) is 5.74. The van der Waals surface area contributed by atoms with Gasteiger partial charge in [-0.15, -0.1) is 0 Å². The molecule has 0 fully saturated rings. The molecule has 1 radical (unpaired) electrons. The lowest BCUT2D eigenvalue weighted by Gasteiger charge is -2.09. The predicted octanol–water partition coefficient (Wildman–Crippen LogP) is 2.81. The molecule has 0 N–H and O–H groups in total. The van der Waals surface area contributed by atoms with Gasteiger partial charge < -0.3 is 0 Å². The second-order valence-electron chi connectivity index (χ2n) is 2.80. The molecule has 0 bridgehead atoms. The van der Waals surface area contributed by atoms with E-state index in [2.05, 4.69) is 39.8 Å². The van der Waals surface area contributed by atoms with Crippen molar-refractivity contribution in [3.05, 3.63) is 19.1 Å². The molecule has 0 aliphatic heterocycles. The van der Waals surface area contributed by atoms with Crippen molar-refractivity contribution in [3.8, 4) is 0 Å². The molecule has 0 aromatic heterocycles. The Morgan fingerprint density at radius 2 is 2.00 bits per heavy atom. The number of hydrogen-bond donors (Lipinski definition) is 0. The van der Waals surface area contributed by atoms with Gasteiger partial charge in [0, 0.05) is 0 Å². The molecule has 0 aliphatic carbocycles. The minimum absolute atomic E-state index is 0.121. The van der Waals surface area contributed by atoms with E-state index in [4.69, 9.17) is 0 Å². The Hall–Kier alpha value is -0.260. The van der Waals surface area contributed by atoms with Gasteiger partial charge in [0.2, 0.25) is 0 Å². The van der Waals surface area contributed by atoms with E-state index in [9.17, 15) is 0 Å². The maximum Gasteiger partial charge on any atom is -0.0175 e. The second-order valence-corrected chi connectivity index (χ2v) is 2.80. The van der Waals surface area contributed by atoms with Gasteiger partial charge in [0.1, 0.15) is 0 Å². The fraction of sp³-hybridized carbons (Fsp3) is 0.625. The van der Waals surface area contributed by atoms with Gasteiger partial charge in [-0.25, -0.2) is 0 Å². The van der Waals surface area contributed by atoms with Gasteiger partial charge in [0.05, 0.1) is 0 Å². The maximum atomic E-state index is 3.92. The van der Waals surface area contributed by atoms with Crippen LogP contribution in [0.2, 0.25) is 0 Å². The van der Waals surface area contributed by atoms with Gasteiger partial charge in [-0.3, -0.25) is 0 Å². The van der Waals surface area contributed by atoms with E-state index in [0.717, 1.165) is 6.42 Å². The molecule has 0 heteroatoms. The lowest BCUT2D eigenvalue weighted by atomic mass is 9.96. The zero-order valence-electron chi connectivity index (χ0n) is 6.07. The van der Waals surface area contributed by atoms with E-state index < -0.39 is 0 Å². The molecule has 0 unspecified atom stereocenters. The van der Waals surface area contributed by atoms with E-state index in [1.807, 2.05) is 0 Å². The first-order chi connectivity index (χ1) is 3.56. The summed E-state index contributed by atoms with van der Waals surface area (Å²) in [5, 5.41) is 0. The fourth-order valence-corrected chi connectivity index (χ4v) is 0.437. The Bertz CT molecular complexity index is 72.5. The molecule has 0 heterocycles. The van der Waals surface area contributed by atoms with E-state index in [1.165, 1.54) is 0 Å². The van der Waals surface area contributed by atoms with Crippen LogP contribution >= 0.6 is 0 Å². The summed E-state index contributed by atoms with van der Waals surface area (Å²) in [4.78, 5) is 0. The second kappa shape index (κ2) is 2.91. The van der Waals surface area contributed by atoms with Crippen LogP contribution in [0.4, 0.5) is 0 Å². The Labute approximate surface area is 52.6 Å². The predicted molar refractivity (Wildman–Crippen MR) is 38.6 cm³/mol. The zero-order chi connectivity index (χ0) is 6.62. The van der Waals surface area contributed by atoms with Gasteiger partial charge in [-0.2, -0.15) is 0 Å². The summed E-state index contributed by atoms with van der Waals surface area (Å²) in [6.45, 7) is 10.2. The van der Waals surface area contributed by atoms with E-state index >= 15 is 0 Å². The molecule has 0 saturated carbocycles. The number of rotatable bonds is 2. The first-order valence-electron chi connectivity index (χ1n) is 3.09. The third-order valence-corrected chi connectivity index (χ3v) is 0.805. The molecule has 0 rings (SSSR count). The largest absolute Gasteiger partial charge is 0.0883 e. The molecule has 0 saturated heterocycles. The molecule has 0 aliphatic rings. The van der Waals surface area contributed by atoms with Crippen molar-refractivity contribution in [1.29, 1.82) is 0 Å². The van der Waals surface area contributed by atoms with Crippen LogP contribution in [0.1, 0.15) is 27.2 Å². The summed E-state index contributed by atoms with van der Waals surface area (Å²) in [5.74, 6) is 0. The van der Waals surface area contributed by atoms with Crippen molar-refractivity contribution in [2.45, 2.75) is 27.2 Å². The molecule has 0 aromatic carbocycles. The van der Waals surface area contributed by atoms with Crippen molar-refractivity contribution in [3.63, 3.8) is 0 Å². The van der Waals surface area contributed by atoms with Gasteiger partial charge in [0.25, 0.3) is 0 Å². The van der Waals surface area contributed by atoms with E-state index in [0.29, 0.717) is 0 Å². The van der Waals surface area contributed by atoms with Crippen LogP contribution in [0, 0.1) is 12.3 Å². The molecule has 0 atom stereocenters.